The number of rotatable bonds is 3. The Morgan fingerprint density at radius 1 is 0.969 bits per heavy atom. The van der Waals surface area contributed by atoms with Crippen molar-refractivity contribution in [3.8, 4) is 17.3 Å². The molecule has 0 radical (unpaired) electrons. The van der Waals surface area contributed by atoms with E-state index < -0.39 is 0 Å². The summed E-state index contributed by atoms with van der Waals surface area (Å²) < 4.78 is 24.1. The second-order valence-electron chi connectivity index (χ2n) is 7.65. The van der Waals surface area contributed by atoms with E-state index in [0.29, 0.717) is 35.7 Å². The van der Waals surface area contributed by atoms with E-state index in [2.05, 4.69) is 35.4 Å². The molecule has 0 amide bonds. The van der Waals surface area contributed by atoms with Crippen molar-refractivity contribution in [1.82, 2.24) is 34.1 Å². The van der Waals surface area contributed by atoms with Crippen LogP contribution in [-0.2, 0) is 4.74 Å². The highest BCUT2D eigenvalue weighted by Crippen LogP contribution is 2.32. The lowest BCUT2D eigenvalue weighted by molar-refractivity contribution is 0.0708. The predicted octanol–water partition coefficient (Wildman–Crippen LogP) is 4.48. The van der Waals surface area contributed by atoms with Crippen LogP contribution in [0.25, 0.3) is 39.5 Å². The number of hydrogen-bond donors (Lipinski definition) is 0. The molecule has 0 N–H and O–H groups in total. The number of benzene rings is 1. The van der Waals surface area contributed by atoms with Crippen LogP contribution in [0.3, 0.4) is 0 Å². The summed E-state index contributed by atoms with van der Waals surface area (Å²) in [7, 11) is 0. The first-order valence-electron chi connectivity index (χ1n) is 10.2. The molecule has 1 aliphatic rings. The molecule has 0 atom stereocenters. The Hall–Kier alpha value is -3.24. The van der Waals surface area contributed by atoms with E-state index in [-0.39, 0.29) is 11.9 Å². The van der Waals surface area contributed by atoms with Crippen LogP contribution in [-0.4, -0.2) is 47.3 Å². The van der Waals surface area contributed by atoms with Crippen LogP contribution in [0.4, 0.5) is 4.39 Å². The van der Waals surface area contributed by atoms with Gasteiger partial charge in [0.15, 0.2) is 5.65 Å². The molecule has 32 heavy (non-hydrogen) atoms. The highest BCUT2D eigenvalue weighted by Gasteiger charge is 2.24. The van der Waals surface area contributed by atoms with Gasteiger partial charge in [-0.25, -0.2) is 24.3 Å². The number of pyridine rings is 1. The lowest BCUT2D eigenvalue weighted by Crippen LogP contribution is -2.20. The Morgan fingerprint density at radius 3 is 2.66 bits per heavy atom. The van der Waals surface area contributed by atoms with Crippen LogP contribution in [0.5, 0.6) is 0 Å². The quantitative estimate of drug-likeness (QED) is 0.344. The molecule has 1 fully saturated rings. The standard InChI is InChI=1S/C22H17BrFN7O/c23-19-4-1-13(10-25-19)20-28-17-11-26-22(29-21(17)31(20)15-5-7-32-8-6-15)30-12-27-16-3-2-14(24)9-18(16)30/h1-4,9-12,15H,5-8H2. The van der Waals surface area contributed by atoms with Crippen molar-refractivity contribution >= 4 is 38.1 Å². The third-order valence-corrected chi connectivity index (χ3v) is 6.16. The molecule has 8 nitrogen and oxygen atoms in total. The van der Waals surface area contributed by atoms with Gasteiger partial charge in [0.05, 0.1) is 17.2 Å². The maximum Gasteiger partial charge on any atom is 0.237 e. The first-order valence-corrected chi connectivity index (χ1v) is 11.0. The molecule has 10 heteroatoms. The van der Waals surface area contributed by atoms with Gasteiger partial charge in [0.25, 0.3) is 0 Å². The molecule has 1 aliphatic heterocycles. The molecule has 0 bridgehead atoms. The fourth-order valence-electron chi connectivity index (χ4n) is 4.14. The van der Waals surface area contributed by atoms with Crippen molar-refractivity contribution < 1.29 is 9.13 Å². The molecular formula is C22H17BrFN7O. The zero-order chi connectivity index (χ0) is 21.7. The summed E-state index contributed by atoms with van der Waals surface area (Å²) in [6.07, 6.45) is 6.83. The summed E-state index contributed by atoms with van der Waals surface area (Å²) in [6.45, 7) is 1.37. The van der Waals surface area contributed by atoms with Gasteiger partial charge in [0, 0.05) is 37.1 Å². The number of aromatic nitrogens is 7. The van der Waals surface area contributed by atoms with Crippen molar-refractivity contribution in [3.05, 3.63) is 59.5 Å². The maximum atomic E-state index is 13.9. The Kier molecular flexibility index (Phi) is 4.69. The zero-order valence-corrected chi connectivity index (χ0v) is 18.4. The van der Waals surface area contributed by atoms with Crippen LogP contribution in [0.2, 0.25) is 0 Å². The van der Waals surface area contributed by atoms with E-state index in [1.807, 2.05) is 12.1 Å². The summed E-state index contributed by atoms with van der Waals surface area (Å²) >= 11 is 3.39. The summed E-state index contributed by atoms with van der Waals surface area (Å²) in [6, 6.07) is 8.53. The molecule has 4 aromatic heterocycles. The maximum absolute atomic E-state index is 13.9. The molecule has 5 heterocycles. The lowest BCUT2D eigenvalue weighted by Gasteiger charge is -2.25. The number of hydrogen-bond acceptors (Lipinski definition) is 6. The van der Waals surface area contributed by atoms with Crippen molar-refractivity contribution in [2.45, 2.75) is 18.9 Å². The lowest BCUT2D eigenvalue weighted by atomic mass is 10.1. The van der Waals surface area contributed by atoms with Gasteiger partial charge in [-0.05, 0) is 53.0 Å². The van der Waals surface area contributed by atoms with Gasteiger partial charge in [-0.2, -0.15) is 4.98 Å². The summed E-state index contributed by atoms with van der Waals surface area (Å²) in [5.74, 6) is 0.872. The van der Waals surface area contributed by atoms with Gasteiger partial charge in [0.2, 0.25) is 5.95 Å². The van der Waals surface area contributed by atoms with E-state index in [0.717, 1.165) is 34.5 Å². The number of imidazole rings is 2. The molecule has 160 valence electrons. The average molecular weight is 494 g/mol. The zero-order valence-electron chi connectivity index (χ0n) is 16.8. The minimum absolute atomic E-state index is 0.187. The van der Waals surface area contributed by atoms with E-state index in [9.17, 15) is 4.39 Å². The van der Waals surface area contributed by atoms with E-state index in [1.165, 1.54) is 12.1 Å². The monoisotopic (exact) mass is 493 g/mol. The Balaban J connectivity index is 1.56. The van der Waals surface area contributed by atoms with E-state index >= 15 is 0 Å². The van der Waals surface area contributed by atoms with Crippen LogP contribution < -0.4 is 0 Å². The van der Waals surface area contributed by atoms with Crippen molar-refractivity contribution in [2.24, 2.45) is 0 Å². The second kappa shape index (κ2) is 7.72. The number of fused-ring (bicyclic) bond motifs is 2. The largest absolute Gasteiger partial charge is 0.381 e. The fourth-order valence-corrected chi connectivity index (χ4v) is 4.37. The summed E-state index contributed by atoms with van der Waals surface area (Å²) in [5.41, 5.74) is 3.59. The van der Waals surface area contributed by atoms with Gasteiger partial charge in [-0.1, -0.05) is 0 Å². The van der Waals surface area contributed by atoms with Gasteiger partial charge in [-0.15, -0.1) is 0 Å². The molecule has 0 unspecified atom stereocenters. The first-order chi connectivity index (χ1) is 15.7. The molecule has 0 aliphatic carbocycles. The highest BCUT2D eigenvalue weighted by atomic mass is 79.9. The van der Waals surface area contributed by atoms with Gasteiger partial charge < -0.3 is 9.30 Å². The normalized spacial score (nSPS) is 15.1. The molecule has 1 saturated heterocycles. The van der Waals surface area contributed by atoms with Gasteiger partial charge >= 0.3 is 0 Å². The Morgan fingerprint density at radius 2 is 1.84 bits per heavy atom. The molecule has 0 saturated carbocycles. The highest BCUT2D eigenvalue weighted by molar-refractivity contribution is 9.10. The summed E-state index contributed by atoms with van der Waals surface area (Å²) in [4.78, 5) is 22.9. The SMILES string of the molecule is Fc1ccc2ncn(-c3ncc4nc(-c5ccc(Br)nc5)n(C5CCOCC5)c4n3)c2c1. The van der Waals surface area contributed by atoms with Crippen molar-refractivity contribution in [2.75, 3.05) is 13.2 Å². The van der Waals surface area contributed by atoms with Crippen LogP contribution >= 0.6 is 15.9 Å². The third-order valence-electron chi connectivity index (χ3n) is 5.69. The van der Waals surface area contributed by atoms with Gasteiger partial charge in [-0.3, -0.25) is 4.57 Å². The molecule has 6 rings (SSSR count). The minimum atomic E-state index is -0.336. The number of halogens is 2. The second-order valence-corrected chi connectivity index (χ2v) is 8.46. The molecular weight excluding hydrogens is 477 g/mol. The van der Waals surface area contributed by atoms with Crippen molar-refractivity contribution in [3.63, 3.8) is 0 Å². The smallest absolute Gasteiger partial charge is 0.237 e. The van der Waals surface area contributed by atoms with Crippen LogP contribution in [0.15, 0.2) is 53.7 Å². The van der Waals surface area contributed by atoms with E-state index in [1.54, 1.807) is 29.4 Å². The minimum Gasteiger partial charge on any atom is -0.381 e. The molecule has 1 aromatic carbocycles. The number of nitrogens with zero attached hydrogens (tertiary/aromatic N) is 7. The number of ether oxygens (including phenoxy) is 1. The fraction of sp³-hybridized carbons (Fsp3) is 0.227. The Labute approximate surface area is 190 Å². The third kappa shape index (κ3) is 3.26. The molecule has 5 aromatic rings. The Bertz CT molecular complexity index is 1440. The van der Waals surface area contributed by atoms with Crippen LogP contribution in [0.1, 0.15) is 18.9 Å². The first kappa shape index (κ1) is 19.4. The summed E-state index contributed by atoms with van der Waals surface area (Å²) in [5, 5.41) is 0. The topological polar surface area (TPSA) is 83.5 Å². The average Bonchev–Trinajstić information content (AvgIpc) is 3.41. The predicted molar refractivity (Wildman–Crippen MR) is 120 cm³/mol. The van der Waals surface area contributed by atoms with Crippen molar-refractivity contribution in [1.29, 1.82) is 0 Å². The van der Waals surface area contributed by atoms with Crippen LogP contribution in [0, 0.1) is 5.82 Å². The van der Waals surface area contributed by atoms with E-state index in [4.69, 9.17) is 14.7 Å². The molecule has 0 spiro atoms. The van der Waals surface area contributed by atoms with Gasteiger partial charge in [0.1, 0.15) is 28.1 Å².